The Labute approximate surface area is 76.4 Å². The number of nitrogens with zero attached hydrogens (tertiary/aromatic N) is 1. The van der Waals surface area contributed by atoms with Crippen molar-refractivity contribution in [3.05, 3.63) is 23.8 Å². The van der Waals surface area contributed by atoms with Gasteiger partial charge in [0.2, 0.25) is 5.91 Å². The summed E-state index contributed by atoms with van der Waals surface area (Å²) in [6.07, 6.45) is 1.07. The Morgan fingerprint density at radius 1 is 1.38 bits per heavy atom. The summed E-state index contributed by atoms with van der Waals surface area (Å²) in [5.41, 5.74) is 3.57. The van der Waals surface area contributed by atoms with Crippen LogP contribution in [0.3, 0.4) is 0 Å². The minimum absolute atomic E-state index is 0.103. The van der Waals surface area contributed by atoms with Gasteiger partial charge < -0.3 is 10.2 Å². The summed E-state index contributed by atoms with van der Waals surface area (Å²) in [5, 5.41) is 2.89. The van der Waals surface area contributed by atoms with E-state index in [1.807, 2.05) is 12.1 Å². The zero-order valence-corrected chi connectivity index (χ0v) is 7.21. The van der Waals surface area contributed by atoms with Crippen molar-refractivity contribution in [2.45, 2.75) is 6.42 Å². The SMILES string of the molecule is O=C1CN2CCc3cccc(c32)N1. The number of hydrogen-bond acceptors (Lipinski definition) is 2. The van der Waals surface area contributed by atoms with Crippen LogP contribution in [0, 0.1) is 0 Å². The number of carbonyl (C=O) groups excluding carboxylic acids is 1. The molecule has 0 atom stereocenters. The molecule has 0 aliphatic carbocycles. The van der Waals surface area contributed by atoms with Gasteiger partial charge in [-0.2, -0.15) is 0 Å². The highest BCUT2D eigenvalue weighted by Gasteiger charge is 2.28. The summed E-state index contributed by atoms with van der Waals surface area (Å²) in [5.74, 6) is 0.103. The van der Waals surface area contributed by atoms with Crippen molar-refractivity contribution < 1.29 is 4.79 Å². The Kier molecular flexibility index (Phi) is 1.20. The highest BCUT2D eigenvalue weighted by molar-refractivity contribution is 6.02. The van der Waals surface area contributed by atoms with E-state index in [9.17, 15) is 4.79 Å². The molecule has 1 aromatic carbocycles. The van der Waals surface area contributed by atoms with Crippen LogP contribution in [0.15, 0.2) is 18.2 Å². The van der Waals surface area contributed by atoms with E-state index in [4.69, 9.17) is 0 Å². The largest absolute Gasteiger partial charge is 0.360 e. The molecule has 0 aromatic heterocycles. The predicted octanol–water partition coefficient (Wildman–Crippen LogP) is 1.00. The summed E-state index contributed by atoms with van der Waals surface area (Å²) in [4.78, 5) is 13.4. The van der Waals surface area contributed by atoms with Gasteiger partial charge in [-0.3, -0.25) is 4.79 Å². The molecule has 0 saturated carbocycles. The topological polar surface area (TPSA) is 32.3 Å². The van der Waals surface area contributed by atoms with Gasteiger partial charge >= 0.3 is 0 Å². The lowest BCUT2D eigenvalue weighted by Gasteiger charge is -2.26. The Morgan fingerprint density at radius 2 is 2.31 bits per heavy atom. The fraction of sp³-hybridized carbons (Fsp3) is 0.300. The summed E-state index contributed by atoms with van der Waals surface area (Å²) in [6.45, 7) is 1.50. The van der Waals surface area contributed by atoms with Crippen LogP contribution in [-0.4, -0.2) is 19.0 Å². The van der Waals surface area contributed by atoms with Gasteiger partial charge in [0.25, 0.3) is 0 Å². The molecule has 3 heteroatoms. The zero-order chi connectivity index (χ0) is 8.84. The maximum atomic E-state index is 11.3. The van der Waals surface area contributed by atoms with Crippen LogP contribution in [0.25, 0.3) is 0 Å². The number of benzene rings is 1. The lowest BCUT2D eigenvalue weighted by Crippen LogP contribution is -2.36. The number of rotatable bonds is 0. The van der Waals surface area contributed by atoms with Gasteiger partial charge in [-0.05, 0) is 18.1 Å². The molecular formula is C10H10N2O. The first kappa shape index (κ1) is 6.95. The van der Waals surface area contributed by atoms with Gasteiger partial charge in [-0.1, -0.05) is 12.1 Å². The van der Waals surface area contributed by atoms with Gasteiger partial charge in [-0.25, -0.2) is 0 Å². The van der Waals surface area contributed by atoms with E-state index < -0.39 is 0 Å². The van der Waals surface area contributed by atoms with Crippen molar-refractivity contribution >= 4 is 17.3 Å². The lowest BCUT2D eigenvalue weighted by atomic mass is 10.1. The Balaban J connectivity index is 2.22. The van der Waals surface area contributed by atoms with E-state index in [0.717, 1.165) is 18.7 Å². The molecule has 0 saturated heterocycles. The predicted molar refractivity (Wildman–Crippen MR) is 51.0 cm³/mol. The molecule has 2 aliphatic heterocycles. The average molecular weight is 174 g/mol. The van der Waals surface area contributed by atoms with Crippen LogP contribution in [0.1, 0.15) is 5.56 Å². The molecular weight excluding hydrogens is 164 g/mol. The van der Waals surface area contributed by atoms with Crippen LogP contribution in [0.4, 0.5) is 11.4 Å². The maximum absolute atomic E-state index is 11.3. The third-order valence-corrected chi connectivity index (χ3v) is 2.70. The number of nitrogens with one attached hydrogen (secondary N) is 1. The smallest absolute Gasteiger partial charge is 0.243 e. The van der Waals surface area contributed by atoms with Gasteiger partial charge in [-0.15, -0.1) is 0 Å². The zero-order valence-electron chi connectivity index (χ0n) is 7.21. The molecule has 13 heavy (non-hydrogen) atoms. The molecule has 3 nitrogen and oxygen atoms in total. The third-order valence-electron chi connectivity index (χ3n) is 2.70. The van der Waals surface area contributed by atoms with Crippen LogP contribution in [0.2, 0.25) is 0 Å². The van der Waals surface area contributed by atoms with Crippen molar-refractivity contribution in [2.24, 2.45) is 0 Å². The summed E-state index contributed by atoms with van der Waals surface area (Å²) in [6, 6.07) is 6.10. The molecule has 2 aliphatic rings. The van der Waals surface area contributed by atoms with E-state index in [1.54, 1.807) is 0 Å². The second kappa shape index (κ2) is 2.25. The second-order valence-corrected chi connectivity index (χ2v) is 3.53. The van der Waals surface area contributed by atoms with E-state index in [2.05, 4.69) is 16.3 Å². The van der Waals surface area contributed by atoms with Crippen molar-refractivity contribution in [3.63, 3.8) is 0 Å². The average Bonchev–Trinajstić information content (AvgIpc) is 2.50. The normalized spacial score (nSPS) is 18.5. The molecule has 3 rings (SSSR count). The lowest BCUT2D eigenvalue weighted by molar-refractivity contribution is -0.115. The van der Waals surface area contributed by atoms with Gasteiger partial charge in [0.05, 0.1) is 17.9 Å². The van der Waals surface area contributed by atoms with Gasteiger partial charge in [0, 0.05) is 6.54 Å². The molecule has 2 heterocycles. The molecule has 0 bridgehead atoms. The Bertz CT molecular complexity index is 387. The molecule has 1 N–H and O–H groups in total. The van der Waals surface area contributed by atoms with Gasteiger partial charge in [0.1, 0.15) is 0 Å². The first-order valence-electron chi connectivity index (χ1n) is 4.51. The number of anilines is 2. The first-order chi connectivity index (χ1) is 6.34. The molecule has 0 spiro atoms. The van der Waals surface area contributed by atoms with Crippen LogP contribution in [0.5, 0.6) is 0 Å². The minimum atomic E-state index is 0.103. The standard InChI is InChI=1S/C10H10N2O/c13-9-6-12-5-4-7-2-1-3-8(11-9)10(7)12/h1-3H,4-6H2,(H,11,13). The van der Waals surface area contributed by atoms with Crippen molar-refractivity contribution in [1.82, 2.24) is 0 Å². The number of carbonyl (C=O) groups is 1. The molecule has 0 radical (unpaired) electrons. The molecule has 66 valence electrons. The Hall–Kier alpha value is -1.51. The van der Waals surface area contributed by atoms with E-state index >= 15 is 0 Å². The number of para-hydroxylation sites is 1. The van der Waals surface area contributed by atoms with Crippen molar-refractivity contribution in [3.8, 4) is 0 Å². The van der Waals surface area contributed by atoms with Gasteiger partial charge in [0.15, 0.2) is 0 Å². The van der Waals surface area contributed by atoms with Crippen molar-refractivity contribution in [1.29, 1.82) is 0 Å². The first-order valence-corrected chi connectivity index (χ1v) is 4.51. The van der Waals surface area contributed by atoms with Crippen molar-refractivity contribution in [2.75, 3.05) is 23.3 Å². The third kappa shape index (κ3) is 0.869. The maximum Gasteiger partial charge on any atom is 0.243 e. The fourth-order valence-electron chi connectivity index (χ4n) is 2.16. The molecule has 1 amide bonds. The number of hydrogen-bond donors (Lipinski definition) is 1. The molecule has 0 unspecified atom stereocenters. The van der Waals surface area contributed by atoms with Crippen LogP contribution < -0.4 is 10.2 Å². The fourth-order valence-corrected chi connectivity index (χ4v) is 2.16. The van der Waals surface area contributed by atoms with E-state index in [-0.39, 0.29) is 5.91 Å². The van der Waals surface area contributed by atoms with E-state index in [1.165, 1.54) is 11.3 Å². The highest BCUT2D eigenvalue weighted by atomic mass is 16.2. The Morgan fingerprint density at radius 3 is 3.23 bits per heavy atom. The monoisotopic (exact) mass is 174 g/mol. The summed E-state index contributed by atoms with van der Waals surface area (Å²) < 4.78 is 0. The summed E-state index contributed by atoms with van der Waals surface area (Å²) >= 11 is 0. The number of amides is 1. The van der Waals surface area contributed by atoms with Crippen LogP contribution in [-0.2, 0) is 11.2 Å². The molecule has 0 fully saturated rings. The minimum Gasteiger partial charge on any atom is -0.360 e. The molecule has 1 aromatic rings. The highest BCUT2D eigenvalue weighted by Crippen LogP contribution is 2.37. The van der Waals surface area contributed by atoms with E-state index in [0.29, 0.717) is 6.54 Å². The quantitative estimate of drug-likeness (QED) is 0.636. The second-order valence-electron chi connectivity index (χ2n) is 3.53. The van der Waals surface area contributed by atoms with Crippen LogP contribution >= 0.6 is 0 Å². The summed E-state index contributed by atoms with van der Waals surface area (Å²) in [7, 11) is 0.